The van der Waals surface area contributed by atoms with Crippen LogP contribution in [0.15, 0.2) is 0 Å². The fourth-order valence-electron chi connectivity index (χ4n) is 7.74. The normalized spacial score (nSPS) is 43.4. The average molecular weight is 424 g/mol. The van der Waals surface area contributed by atoms with Crippen LogP contribution in [0.4, 0.5) is 0 Å². The molecule has 0 aromatic heterocycles. The van der Waals surface area contributed by atoms with Crippen LogP contribution in [0, 0.1) is 23.2 Å². The summed E-state index contributed by atoms with van der Waals surface area (Å²) < 4.78 is 6.03. The van der Waals surface area contributed by atoms with Crippen molar-refractivity contribution in [1.82, 2.24) is 4.90 Å². The van der Waals surface area contributed by atoms with E-state index < -0.39 is 12.2 Å². The van der Waals surface area contributed by atoms with Gasteiger partial charge >= 0.3 is 0 Å². The lowest BCUT2D eigenvalue weighted by Crippen LogP contribution is -2.63. The SMILES string of the molecule is CCCCN1C[C@H](OCCCCCC23CC4CC(CC(C4)C2)C3)[C@@H](O)[C@H](O)[C@H]1CO. The molecule has 4 bridgehead atoms. The third-order valence-corrected chi connectivity index (χ3v) is 8.84. The van der Waals surface area contributed by atoms with Gasteiger partial charge in [0.1, 0.15) is 12.2 Å². The van der Waals surface area contributed by atoms with Gasteiger partial charge in [0.15, 0.2) is 0 Å². The molecule has 0 spiro atoms. The standard InChI is InChI=1S/C25H45NO4/c1-2-3-8-26-16-22(24(29)23(28)21(26)17-27)30-9-6-4-5-7-25-13-18-10-19(14-25)12-20(11-18)15-25/h18-24,27-29H,2-17H2,1H3/t18?,19?,20?,21-,22+,23-,24-,25?/m1/s1. The van der Waals surface area contributed by atoms with Gasteiger partial charge in [-0.3, -0.25) is 4.90 Å². The second kappa shape index (κ2) is 10.2. The van der Waals surface area contributed by atoms with Crippen LogP contribution in [0.1, 0.15) is 84.0 Å². The van der Waals surface area contributed by atoms with Gasteiger partial charge in [0.25, 0.3) is 0 Å². The number of likely N-dealkylation sites (tertiary alicyclic amines) is 1. The van der Waals surface area contributed by atoms with Gasteiger partial charge in [0.05, 0.1) is 18.8 Å². The van der Waals surface area contributed by atoms with Crippen molar-refractivity contribution in [2.75, 3.05) is 26.3 Å². The van der Waals surface area contributed by atoms with Crippen molar-refractivity contribution in [2.24, 2.45) is 23.2 Å². The summed E-state index contributed by atoms with van der Waals surface area (Å²) in [5.41, 5.74) is 0.679. The molecular formula is C25H45NO4. The van der Waals surface area contributed by atoms with E-state index in [2.05, 4.69) is 11.8 Å². The van der Waals surface area contributed by atoms with Gasteiger partial charge in [-0.05, 0) is 87.5 Å². The molecule has 30 heavy (non-hydrogen) atoms. The summed E-state index contributed by atoms with van der Waals surface area (Å²) in [7, 11) is 0. The highest BCUT2D eigenvalue weighted by atomic mass is 16.5. The first-order chi connectivity index (χ1) is 14.5. The quantitative estimate of drug-likeness (QED) is 0.445. The van der Waals surface area contributed by atoms with E-state index in [-0.39, 0.29) is 18.8 Å². The molecular weight excluding hydrogens is 378 g/mol. The molecule has 0 radical (unpaired) electrons. The predicted octanol–water partition coefficient (Wildman–Crippen LogP) is 3.35. The molecule has 0 unspecified atom stereocenters. The highest BCUT2D eigenvalue weighted by molar-refractivity contribution is 5.01. The Kier molecular flexibility index (Phi) is 7.78. The zero-order valence-electron chi connectivity index (χ0n) is 19.1. The largest absolute Gasteiger partial charge is 0.395 e. The molecule has 5 fully saturated rings. The molecule has 1 aliphatic heterocycles. The lowest BCUT2D eigenvalue weighted by Gasteiger charge is -2.57. The maximum absolute atomic E-state index is 10.5. The lowest BCUT2D eigenvalue weighted by molar-refractivity contribution is -0.163. The van der Waals surface area contributed by atoms with E-state index in [1.807, 2.05) is 0 Å². The number of ether oxygens (including phenoxy) is 1. The Morgan fingerprint density at radius 1 is 0.900 bits per heavy atom. The number of aliphatic hydroxyl groups excluding tert-OH is 3. The third-order valence-electron chi connectivity index (χ3n) is 8.84. The molecule has 0 aromatic carbocycles. The van der Waals surface area contributed by atoms with Crippen molar-refractivity contribution in [3.8, 4) is 0 Å². The molecule has 5 rings (SSSR count). The summed E-state index contributed by atoms with van der Waals surface area (Å²) in [6, 6.07) is -0.383. The monoisotopic (exact) mass is 423 g/mol. The van der Waals surface area contributed by atoms with Crippen molar-refractivity contribution in [2.45, 2.75) is 108 Å². The smallest absolute Gasteiger partial charge is 0.109 e. The van der Waals surface area contributed by atoms with Gasteiger partial charge in [0, 0.05) is 13.2 Å². The molecule has 1 saturated heterocycles. The third kappa shape index (κ3) is 5.06. The zero-order valence-corrected chi connectivity index (χ0v) is 19.1. The predicted molar refractivity (Wildman–Crippen MR) is 118 cm³/mol. The van der Waals surface area contributed by atoms with Gasteiger partial charge in [-0.25, -0.2) is 0 Å². The van der Waals surface area contributed by atoms with Crippen LogP contribution in [0.3, 0.4) is 0 Å². The lowest BCUT2D eigenvalue weighted by atomic mass is 9.48. The first kappa shape index (κ1) is 23.0. The Bertz CT molecular complexity index is 506. The molecule has 0 amide bonds. The molecule has 5 heteroatoms. The van der Waals surface area contributed by atoms with Crippen LogP contribution in [0.5, 0.6) is 0 Å². The van der Waals surface area contributed by atoms with Crippen LogP contribution in [-0.2, 0) is 4.74 Å². The molecule has 0 aromatic rings. The molecule has 4 aliphatic carbocycles. The van der Waals surface area contributed by atoms with Crippen LogP contribution in [0.2, 0.25) is 0 Å². The summed E-state index contributed by atoms with van der Waals surface area (Å²) >= 11 is 0. The van der Waals surface area contributed by atoms with E-state index in [1.165, 1.54) is 57.8 Å². The summed E-state index contributed by atoms with van der Waals surface area (Å²) in [5, 5.41) is 30.5. The number of hydrogen-bond acceptors (Lipinski definition) is 5. The highest BCUT2D eigenvalue weighted by Crippen LogP contribution is 2.61. The minimum atomic E-state index is -0.943. The molecule has 5 nitrogen and oxygen atoms in total. The molecule has 4 saturated carbocycles. The molecule has 174 valence electrons. The van der Waals surface area contributed by atoms with Gasteiger partial charge in [-0.2, -0.15) is 0 Å². The van der Waals surface area contributed by atoms with E-state index in [0.29, 0.717) is 18.6 Å². The fourth-order valence-corrected chi connectivity index (χ4v) is 7.74. The summed E-state index contributed by atoms with van der Waals surface area (Å²) in [5.74, 6) is 3.12. The van der Waals surface area contributed by atoms with Crippen molar-refractivity contribution in [3.05, 3.63) is 0 Å². The van der Waals surface area contributed by atoms with Crippen LogP contribution in [0.25, 0.3) is 0 Å². The van der Waals surface area contributed by atoms with E-state index in [9.17, 15) is 15.3 Å². The van der Waals surface area contributed by atoms with Gasteiger partial charge in [-0.1, -0.05) is 26.2 Å². The number of piperidine rings is 1. The van der Waals surface area contributed by atoms with E-state index in [4.69, 9.17) is 4.74 Å². The minimum Gasteiger partial charge on any atom is -0.395 e. The minimum absolute atomic E-state index is 0.126. The Hall–Kier alpha value is -0.200. The first-order valence-corrected chi connectivity index (χ1v) is 12.9. The van der Waals surface area contributed by atoms with Crippen molar-refractivity contribution < 1.29 is 20.1 Å². The van der Waals surface area contributed by atoms with Crippen LogP contribution < -0.4 is 0 Å². The van der Waals surface area contributed by atoms with Gasteiger partial charge < -0.3 is 20.1 Å². The second-order valence-electron chi connectivity index (χ2n) is 11.2. The zero-order chi connectivity index (χ0) is 21.1. The number of hydrogen-bond donors (Lipinski definition) is 3. The Labute approximate surface area is 183 Å². The van der Waals surface area contributed by atoms with E-state index in [1.54, 1.807) is 0 Å². The summed E-state index contributed by atoms with van der Waals surface area (Å²) in [4.78, 5) is 2.10. The summed E-state index contributed by atoms with van der Waals surface area (Å²) in [6.45, 7) is 4.09. The number of unbranched alkanes of at least 4 members (excludes halogenated alkanes) is 3. The molecule has 3 N–H and O–H groups in total. The summed E-state index contributed by atoms with van der Waals surface area (Å²) in [6.07, 6.45) is 13.9. The first-order valence-electron chi connectivity index (χ1n) is 12.9. The maximum Gasteiger partial charge on any atom is 0.109 e. The topological polar surface area (TPSA) is 73.2 Å². The van der Waals surface area contributed by atoms with Crippen molar-refractivity contribution >= 4 is 0 Å². The Morgan fingerprint density at radius 2 is 1.57 bits per heavy atom. The Balaban J connectivity index is 1.16. The van der Waals surface area contributed by atoms with E-state index in [0.717, 1.165) is 43.6 Å². The van der Waals surface area contributed by atoms with Crippen LogP contribution in [-0.4, -0.2) is 70.9 Å². The van der Waals surface area contributed by atoms with E-state index >= 15 is 0 Å². The number of rotatable bonds is 11. The maximum atomic E-state index is 10.5. The molecule has 5 aliphatic rings. The average Bonchev–Trinajstić information content (AvgIpc) is 2.71. The number of aliphatic hydroxyl groups is 3. The van der Waals surface area contributed by atoms with Crippen LogP contribution >= 0.6 is 0 Å². The van der Waals surface area contributed by atoms with Gasteiger partial charge in [0.2, 0.25) is 0 Å². The molecule has 4 atom stereocenters. The van der Waals surface area contributed by atoms with Gasteiger partial charge in [-0.15, -0.1) is 0 Å². The Morgan fingerprint density at radius 3 is 2.17 bits per heavy atom. The molecule has 1 heterocycles. The second-order valence-corrected chi connectivity index (χ2v) is 11.2. The van der Waals surface area contributed by atoms with Crippen molar-refractivity contribution in [1.29, 1.82) is 0 Å². The fraction of sp³-hybridized carbons (Fsp3) is 1.00. The number of nitrogens with zero attached hydrogens (tertiary/aromatic N) is 1. The van der Waals surface area contributed by atoms with Crippen molar-refractivity contribution in [3.63, 3.8) is 0 Å². The highest BCUT2D eigenvalue weighted by Gasteiger charge is 2.50.